The van der Waals surface area contributed by atoms with Gasteiger partial charge in [0.25, 0.3) is 0 Å². The number of aromatic nitrogens is 4. The minimum Gasteiger partial charge on any atom is -0.454 e. The minimum atomic E-state index is 0.0175. The highest BCUT2D eigenvalue weighted by Gasteiger charge is 2.26. The molecule has 3 aromatic rings. The molecule has 0 saturated carbocycles. The Labute approximate surface area is 161 Å². The summed E-state index contributed by atoms with van der Waals surface area (Å²) in [6.45, 7) is 2.33. The molecule has 4 heterocycles. The van der Waals surface area contributed by atoms with Crippen molar-refractivity contribution >= 4 is 17.4 Å². The molecule has 28 heavy (non-hydrogen) atoms. The van der Waals surface area contributed by atoms with Crippen molar-refractivity contribution in [3.8, 4) is 11.5 Å². The van der Waals surface area contributed by atoms with E-state index in [0.29, 0.717) is 6.54 Å². The molecule has 0 radical (unpaired) electrons. The number of nitrogens with zero attached hydrogens (tertiary/aromatic N) is 5. The van der Waals surface area contributed by atoms with Crippen LogP contribution in [0, 0.1) is 5.92 Å². The fourth-order valence-electron chi connectivity index (χ4n) is 3.64. The van der Waals surface area contributed by atoms with E-state index < -0.39 is 0 Å². The zero-order valence-electron chi connectivity index (χ0n) is 15.2. The van der Waals surface area contributed by atoms with Gasteiger partial charge in [-0.05, 0) is 42.7 Å². The molecule has 2 aliphatic rings. The van der Waals surface area contributed by atoms with Crippen molar-refractivity contribution in [1.29, 1.82) is 0 Å². The fourth-order valence-corrected chi connectivity index (χ4v) is 3.64. The van der Waals surface area contributed by atoms with Crippen LogP contribution in [0.15, 0.2) is 36.7 Å². The van der Waals surface area contributed by atoms with Crippen LogP contribution >= 0.6 is 0 Å². The Morgan fingerprint density at radius 3 is 2.89 bits per heavy atom. The van der Waals surface area contributed by atoms with Crippen molar-refractivity contribution in [2.45, 2.75) is 19.4 Å². The number of hydrogen-bond donors (Lipinski definition) is 1. The molecule has 1 aromatic carbocycles. The molecule has 2 aliphatic heterocycles. The van der Waals surface area contributed by atoms with Gasteiger partial charge in [0, 0.05) is 25.6 Å². The van der Waals surface area contributed by atoms with E-state index in [4.69, 9.17) is 9.47 Å². The Morgan fingerprint density at radius 2 is 2.00 bits per heavy atom. The van der Waals surface area contributed by atoms with Crippen LogP contribution in [0.3, 0.4) is 0 Å². The number of benzene rings is 1. The molecular weight excluding hydrogens is 360 g/mol. The van der Waals surface area contributed by atoms with Crippen LogP contribution in [0.2, 0.25) is 0 Å². The maximum Gasteiger partial charge on any atom is 0.231 e. The van der Waals surface area contributed by atoms with Gasteiger partial charge in [-0.2, -0.15) is 4.52 Å². The third-order valence-electron chi connectivity index (χ3n) is 5.24. The molecule has 0 bridgehead atoms. The summed E-state index contributed by atoms with van der Waals surface area (Å²) < 4.78 is 12.4. The molecular formula is C19H20N6O3. The average Bonchev–Trinajstić information content (AvgIpc) is 3.40. The Balaban J connectivity index is 1.15. The summed E-state index contributed by atoms with van der Waals surface area (Å²) in [4.78, 5) is 14.8. The van der Waals surface area contributed by atoms with E-state index in [9.17, 15) is 4.79 Å². The third kappa shape index (κ3) is 3.19. The van der Waals surface area contributed by atoms with Gasteiger partial charge in [0.1, 0.15) is 12.1 Å². The Bertz CT molecular complexity index is 1010. The monoisotopic (exact) mass is 380 g/mol. The van der Waals surface area contributed by atoms with Gasteiger partial charge in [0.2, 0.25) is 12.7 Å². The minimum absolute atomic E-state index is 0.0175. The van der Waals surface area contributed by atoms with Crippen molar-refractivity contribution in [2.24, 2.45) is 5.92 Å². The number of piperidine rings is 1. The summed E-state index contributed by atoms with van der Waals surface area (Å²) in [6.07, 6.45) is 3.19. The first-order valence-electron chi connectivity index (χ1n) is 9.34. The summed E-state index contributed by atoms with van der Waals surface area (Å²) >= 11 is 0. The van der Waals surface area contributed by atoms with Crippen molar-refractivity contribution < 1.29 is 14.3 Å². The summed E-state index contributed by atoms with van der Waals surface area (Å²) in [5, 5.41) is 15.4. The van der Waals surface area contributed by atoms with E-state index >= 15 is 0 Å². The number of anilines is 1. The van der Waals surface area contributed by atoms with Crippen LogP contribution in [0.1, 0.15) is 18.4 Å². The number of rotatable bonds is 4. The van der Waals surface area contributed by atoms with E-state index in [1.807, 2.05) is 30.3 Å². The molecule has 144 valence electrons. The second-order valence-corrected chi connectivity index (χ2v) is 6.99. The first kappa shape index (κ1) is 16.8. The maximum absolute atomic E-state index is 12.6. The number of amides is 1. The number of ether oxygens (including phenoxy) is 2. The predicted octanol–water partition coefficient (Wildman–Crippen LogP) is 1.39. The molecule has 1 amide bonds. The number of carbonyl (C=O) groups is 1. The van der Waals surface area contributed by atoms with Crippen LogP contribution in [0.4, 0.5) is 5.82 Å². The van der Waals surface area contributed by atoms with Crippen molar-refractivity contribution in [2.75, 3.05) is 24.8 Å². The van der Waals surface area contributed by atoms with Gasteiger partial charge in [-0.25, -0.2) is 0 Å². The van der Waals surface area contributed by atoms with E-state index in [0.717, 1.165) is 54.5 Å². The molecule has 0 atom stereocenters. The lowest BCUT2D eigenvalue weighted by atomic mass is 9.96. The molecule has 1 saturated heterocycles. The highest BCUT2D eigenvalue weighted by molar-refractivity contribution is 5.79. The van der Waals surface area contributed by atoms with Gasteiger partial charge in [0.15, 0.2) is 17.1 Å². The van der Waals surface area contributed by atoms with Crippen LogP contribution < -0.4 is 19.7 Å². The second kappa shape index (κ2) is 6.99. The molecule has 1 fully saturated rings. The molecule has 2 aromatic heterocycles. The van der Waals surface area contributed by atoms with E-state index in [2.05, 4.69) is 25.5 Å². The molecule has 5 rings (SSSR count). The highest BCUT2D eigenvalue weighted by atomic mass is 16.7. The van der Waals surface area contributed by atoms with Gasteiger partial charge in [-0.1, -0.05) is 6.07 Å². The molecule has 0 aliphatic carbocycles. The number of hydrogen-bond acceptors (Lipinski definition) is 7. The van der Waals surface area contributed by atoms with Crippen molar-refractivity contribution in [3.63, 3.8) is 0 Å². The number of carbonyl (C=O) groups excluding carboxylic acids is 1. The van der Waals surface area contributed by atoms with Crippen LogP contribution in [0.5, 0.6) is 11.5 Å². The quantitative estimate of drug-likeness (QED) is 0.731. The van der Waals surface area contributed by atoms with Crippen LogP contribution in [0.25, 0.3) is 5.65 Å². The number of fused-ring (bicyclic) bond motifs is 2. The Kier molecular flexibility index (Phi) is 4.19. The highest BCUT2D eigenvalue weighted by Crippen LogP contribution is 2.32. The van der Waals surface area contributed by atoms with Gasteiger partial charge >= 0.3 is 0 Å². The SMILES string of the molecule is O=C(NCc1ccc2c(c1)OCO2)C1CCN(c2ccc3nncn3n2)CC1. The van der Waals surface area contributed by atoms with Gasteiger partial charge in [-0.3, -0.25) is 4.79 Å². The largest absolute Gasteiger partial charge is 0.454 e. The van der Waals surface area contributed by atoms with Crippen molar-refractivity contribution in [1.82, 2.24) is 25.1 Å². The standard InChI is InChI=1S/C19H20N6O3/c26-19(20-10-13-1-2-15-16(9-13)28-12-27-15)14-5-7-24(8-6-14)18-4-3-17-22-21-11-25(17)23-18/h1-4,9,11,14H,5-8,10,12H2,(H,20,26). The first-order valence-corrected chi connectivity index (χ1v) is 9.34. The molecule has 0 unspecified atom stereocenters. The fraction of sp³-hybridized carbons (Fsp3) is 0.368. The summed E-state index contributed by atoms with van der Waals surface area (Å²) in [7, 11) is 0. The molecule has 9 heteroatoms. The van der Waals surface area contributed by atoms with E-state index in [1.165, 1.54) is 0 Å². The van der Waals surface area contributed by atoms with Gasteiger partial charge < -0.3 is 19.7 Å². The topological polar surface area (TPSA) is 93.9 Å². The van der Waals surface area contributed by atoms with Crippen LogP contribution in [-0.4, -0.2) is 45.6 Å². The average molecular weight is 380 g/mol. The maximum atomic E-state index is 12.6. The van der Waals surface area contributed by atoms with Gasteiger partial charge in [-0.15, -0.1) is 15.3 Å². The lowest BCUT2D eigenvalue weighted by molar-refractivity contribution is -0.125. The normalized spacial score (nSPS) is 16.5. The predicted molar refractivity (Wildman–Crippen MR) is 100 cm³/mol. The zero-order chi connectivity index (χ0) is 18.9. The second-order valence-electron chi connectivity index (χ2n) is 6.99. The summed E-state index contributed by atoms with van der Waals surface area (Å²) in [6, 6.07) is 9.59. The van der Waals surface area contributed by atoms with Crippen LogP contribution in [-0.2, 0) is 11.3 Å². The molecule has 1 N–H and O–H groups in total. The Hall–Kier alpha value is -3.36. The lowest BCUT2D eigenvalue weighted by Gasteiger charge is -2.32. The first-order chi connectivity index (χ1) is 13.8. The zero-order valence-corrected chi connectivity index (χ0v) is 15.2. The molecule has 9 nitrogen and oxygen atoms in total. The summed E-state index contributed by atoms with van der Waals surface area (Å²) in [5.74, 6) is 2.48. The van der Waals surface area contributed by atoms with E-state index in [1.54, 1.807) is 10.8 Å². The lowest BCUT2D eigenvalue weighted by Crippen LogP contribution is -2.40. The number of nitrogens with one attached hydrogen (secondary N) is 1. The Morgan fingerprint density at radius 1 is 1.14 bits per heavy atom. The molecule has 0 spiro atoms. The summed E-state index contributed by atoms with van der Waals surface area (Å²) in [5.41, 5.74) is 1.73. The third-order valence-corrected chi connectivity index (χ3v) is 5.24. The van der Waals surface area contributed by atoms with Crippen molar-refractivity contribution in [3.05, 3.63) is 42.2 Å². The van der Waals surface area contributed by atoms with E-state index in [-0.39, 0.29) is 18.6 Å². The van der Waals surface area contributed by atoms with Gasteiger partial charge in [0.05, 0.1) is 0 Å². The smallest absolute Gasteiger partial charge is 0.231 e.